The van der Waals surface area contributed by atoms with Crippen LogP contribution >= 0.6 is 0 Å². The summed E-state index contributed by atoms with van der Waals surface area (Å²) in [6.45, 7) is 7.68. The van der Waals surface area contributed by atoms with E-state index in [0.717, 1.165) is 18.8 Å². The van der Waals surface area contributed by atoms with E-state index >= 15 is 0 Å². The van der Waals surface area contributed by atoms with Crippen LogP contribution in [0, 0.1) is 0 Å². The first-order chi connectivity index (χ1) is 11.2. The summed E-state index contributed by atoms with van der Waals surface area (Å²) >= 11 is 0. The molecule has 0 spiro atoms. The van der Waals surface area contributed by atoms with Gasteiger partial charge in [0.05, 0.1) is 11.4 Å². The quantitative estimate of drug-likeness (QED) is 0.815. The summed E-state index contributed by atoms with van der Waals surface area (Å²) in [5, 5.41) is 2.78. The first-order valence-corrected chi connectivity index (χ1v) is 8.59. The molecule has 1 aromatic rings. The Kier molecular flexibility index (Phi) is 4.34. The third-order valence-corrected chi connectivity index (χ3v) is 4.64. The molecule has 2 aliphatic heterocycles. The van der Waals surface area contributed by atoms with Crippen molar-refractivity contribution in [2.45, 2.75) is 51.3 Å². The Morgan fingerprint density at radius 2 is 1.88 bits per heavy atom. The summed E-state index contributed by atoms with van der Waals surface area (Å²) < 4.78 is 5.32. The molecule has 132 valence electrons. The molecule has 3 N–H and O–H groups in total. The zero-order valence-electron chi connectivity index (χ0n) is 15.0. The lowest BCUT2D eigenvalue weighted by molar-refractivity contribution is 0.0636. The van der Waals surface area contributed by atoms with Gasteiger partial charge in [-0.25, -0.2) is 4.79 Å². The highest BCUT2D eigenvalue weighted by Crippen LogP contribution is 2.36. The largest absolute Gasteiger partial charge is 0.444 e. The van der Waals surface area contributed by atoms with Crippen molar-refractivity contribution in [1.82, 2.24) is 4.90 Å². The molecule has 0 radical (unpaired) electrons. The number of ether oxygens (including phenoxy) is 1. The van der Waals surface area contributed by atoms with Crippen LogP contribution < -0.4 is 16.0 Å². The molecule has 2 bridgehead atoms. The van der Waals surface area contributed by atoms with Gasteiger partial charge in [0.25, 0.3) is 0 Å². The standard InChI is InChI=1S/C18H28N4O2/c1-18(2,3)24-17(23)20-16-9-12(7-8-15(16)19)22-13-5-6-14(22)11-21(4)10-13/h7-9,13-14H,5-6,10-11,19H2,1-4H3,(H,20,23)/t13-,14+. The molecule has 0 aromatic heterocycles. The highest BCUT2D eigenvalue weighted by Gasteiger charge is 2.38. The summed E-state index contributed by atoms with van der Waals surface area (Å²) in [5.41, 5.74) is 7.79. The molecule has 0 unspecified atom stereocenters. The van der Waals surface area contributed by atoms with Gasteiger partial charge in [0, 0.05) is 30.9 Å². The average Bonchev–Trinajstić information content (AvgIpc) is 2.71. The Morgan fingerprint density at radius 3 is 2.46 bits per heavy atom. The number of piperazine rings is 1. The maximum atomic E-state index is 12.0. The summed E-state index contributed by atoms with van der Waals surface area (Å²) in [5.74, 6) is 0. The van der Waals surface area contributed by atoms with Crippen molar-refractivity contribution in [2.75, 3.05) is 36.1 Å². The molecule has 0 saturated carbocycles. The van der Waals surface area contributed by atoms with Crippen LogP contribution in [0.1, 0.15) is 33.6 Å². The number of hydrogen-bond donors (Lipinski definition) is 2. The number of carbonyl (C=O) groups is 1. The van der Waals surface area contributed by atoms with Crippen molar-refractivity contribution < 1.29 is 9.53 Å². The minimum absolute atomic E-state index is 0.479. The van der Waals surface area contributed by atoms with Gasteiger partial charge >= 0.3 is 6.09 Å². The number of likely N-dealkylation sites (N-methyl/N-ethyl adjacent to an activating group) is 1. The number of anilines is 3. The molecular weight excluding hydrogens is 304 g/mol. The molecule has 1 aromatic carbocycles. The van der Waals surface area contributed by atoms with Crippen LogP contribution in [0.25, 0.3) is 0 Å². The molecule has 0 aliphatic carbocycles. The number of benzene rings is 1. The van der Waals surface area contributed by atoms with Crippen LogP contribution in [0.4, 0.5) is 21.9 Å². The number of nitrogens with two attached hydrogens (primary N) is 1. The van der Waals surface area contributed by atoms with Gasteiger partial charge in [0.2, 0.25) is 0 Å². The van der Waals surface area contributed by atoms with Crippen LogP contribution in [-0.4, -0.2) is 48.8 Å². The number of rotatable bonds is 2. The number of carbonyl (C=O) groups excluding carboxylic acids is 1. The van der Waals surface area contributed by atoms with Gasteiger partial charge in [-0.2, -0.15) is 0 Å². The van der Waals surface area contributed by atoms with Gasteiger partial charge in [-0.15, -0.1) is 0 Å². The Labute approximate surface area is 143 Å². The fraction of sp³-hybridized carbons (Fsp3) is 0.611. The fourth-order valence-corrected chi connectivity index (χ4v) is 3.76. The number of amides is 1. The normalized spacial score (nSPS) is 24.1. The number of hydrogen-bond acceptors (Lipinski definition) is 5. The fourth-order valence-electron chi connectivity index (χ4n) is 3.76. The smallest absolute Gasteiger partial charge is 0.412 e. The maximum Gasteiger partial charge on any atom is 0.412 e. The van der Waals surface area contributed by atoms with Crippen LogP contribution in [0.5, 0.6) is 0 Å². The summed E-state index contributed by atoms with van der Waals surface area (Å²) in [6, 6.07) is 6.94. The number of nitrogen functional groups attached to an aromatic ring is 1. The molecule has 2 fully saturated rings. The van der Waals surface area contributed by atoms with Gasteiger partial charge in [-0.3, -0.25) is 5.32 Å². The SMILES string of the molecule is CN1C[C@H]2CC[C@@H](C1)N2c1ccc(N)c(NC(=O)OC(C)(C)C)c1. The lowest BCUT2D eigenvalue weighted by Crippen LogP contribution is -2.52. The van der Waals surface area contributed by atoms with E-state index in [1.165, 1.54) is 12.8 Å². The molecule has 6 heteroatoms. The molecule has 2 aliphatic rings. The first kappa shape index (κ1) is 16.9. The second-order valence-electron chi connectivity index (χ2n) is 7.91. The first-order valence-electron chi connectivity index (χ1n) is 8.59. The van der Waals surface area contributed by atoms with Crippen LogP contribution in [-0.2, 0) is 4.74 Å². The molecule has 1 amide bonds. The lowest BCUT2D eigenvalue weighted by atomic mass is 10.1. The highest BCUT2D eigenvalue weighted by molar-refractivity contribution is 5.90. The van der Waals surface area contributed by atoms with E-state index in [2.05, 4.69) is 22.2 Å². The van der Waals surface area contributed by atoms with E-state index in [-0.39, 0.29) is 0 Å². The zero-order chi connectivity index (χ0) is 17.5. The van der Waals surface area contributed by atoms with Gasteiger partial charge in [0.1, 0.15) is 5.60 Å². The number of nitrogens with zero attached hydrogens (tertiary/aromatic N) is 2. The van der Waals surface area contributed by atoms with Crippen LogP contribution in [0.2, 0.25) is 0 Å². The second-order valence-corrected chi connectivity index (χ2v) is 7.91. The minimum Gasteiger partial charge on any atom is -0.444 e. The van der Waals surface area contributed by atoms with Gasteiger partial charge in [0.15, 0.2) is 0 Å². The molecule has 24 heavy (non-hydrogen) atoms. The van der Waals surface area contributed by atoms with Crippen molar-refractivity contribution >= 4 is 23.2 Å². The molecule has 6 nitrogen and oxygen atoms in total. The third kappa shape index (κ3) is 3.59. The van der Waals surface area contributed by atoms with Crippen molar-refractivity contribution in [1.29, 1.82) is 0 Å². The molecule has 3 rings (SSSR count). The average molecular weight is 332 g/mol. The van der Waals surface area contributed by atoms with Crippen molar-refractivity contribution in [3.8, 4) is 0 Å². The summed E-state index contributed by atoms with van der Waals surface area (Å²) in [6.07, 6.45) is 1.95. The monoisotopic (exact) mass is 332 g/mol. The summed E-state index contributed by atoms with van der Waals surface area (Å²) in [4.78, 5) is 16.9. The second kappa shape index (κ2) is 6.16. The molecular formula is C18H28N4O2. The van der Waals surface area contributed by atoms with E-state index in [1.54, 1.807) is 0 Å². The lowest BCUT2D eigenvalue weighted by Gasteiger charge is -2.41. The van der Waals surface area contributed by atoms with Crippen LogP contribution in [0.3, 0.4) is 0 Å². The summed E-state index contributed by atoms with van der Waals surface area (Å²) in [7, 11) is 2.18. The van der Waals surface area contributed by atoms with Gasteiger partial charge in [-0.1, -0.05) is 0 Å². The van der Waals surface area contributed by atoms with E-state index < -0.39 is 11.7 Å². The highest BCUT2D eigenvalue weighted by atomic mass is 16.6. The van der Waals surface area contributed by atoms with Crippen LogP contribution in [0.15, 0.2) is 18.2 Å². The van der Waals surface area contributed by atoms with Gasteiger partial charge < -0.3 is 20.3 Å². The number of nitrogens with one attached hydrogen (secondary N) is 1. The Hall–Kier alpha value is -1.95. The predicted octanol–water partition coefficient (Wildman–Crippen LogP) is 2.90. The van der Waals surface area contributed by atoms with E-state index in [9.17, 15) is 4.79 Å². The van der Waals surface area contributed by atoms with E-state index in [1.807, 2.05) is 39.0 Å². The van der Waals surface area contributed by atoms with E-state index in [4.69, 9.17) is 10.5 Å². The van der Waals surface area contributed by atoms with E-state index in [0.29, 0.717) is 23.5 Å². The van der Waals surface area contributed by atoms with Crippen molar-refractivity contribution in [3.63, 3.8) is 0 Å². The molecule has 2 saturated heterocycles. The predicted molar refractivity (Wildman–Crippen MR) is 97.5 cm³/mol. The van der Waals surface area contributed by atoms with Crippen molar-refractivity contribution in [2.24, 2.45) is 0 Å². The zero-order valence-corrected chi connectivity index (χ0v) is 15.0. The molecule has 2 atom stereocenters. The Balaban J connectivity index is 1.78. The third-order valence-electron chi connectivity index (χ3n) is 4.64. The number of likely N-dealkylation sites (tertiary alicyclic amines) is 1. The maximum absolute atomic E-state index is 12.0. The Morgan fingerprint density at radius 1 is 1.25 bits per heavy atom. The van der Waals surface area contributed by atoms with Gasteiger partial charge in [-0.05, 0) is 58.9 Å². The topological polar surface area (TPSA) is 70.8 Å². The molecule has 2 heterocycles. The minimum atomic E-state index is -0.535. The van der Waals surface area contributed by atoms with Crippen molar-refractivity contribution in [3.05, 3.63) is 18.2 Å². The Bertz CT molecular complexity index is 612. The number of fused-ring (bicyclic) bond motifs is 2.